The molecule has 0 radical (unpaired) electrons. The Labute approximate surface area is 79.3 Å². The number of hydrogen-bond acceptors (Lipinski definition) is 3. The predicted molar refractivity (Wildman–Crippen MR) is 50.4 cm³/mol. The van der Waals surface area contributed by atoms with E-state index in [2.05, 4.69) is 5.32 Å². The SMILES string of the molecule is CCC(C)(OC)C(=O)NCCCO. The van der Waals surface area contributed by atoms with Crippen LogP contribution in [0.15, 0.2) is 0 Å². The summed E-state index contributed by atoms with van der Waals surface area (Å²) < 4.78 is 5.10. The summed E-state index contributed by atoms with van der Waals surface area (Å²) in [5.74, 6) is -0.119. The van der Waals surface area contributed by atoms with Crippen molar-refractivity contribution >= 4 is 5.91 Å². The van der Waals surface area contributed by atoms with Gasteiger partial charge in [0, 0.05) is 20.3 Å². The van der Waals surface area contributed by atoms with Gasteiger partial charge in [0.25, 0.3) is 5.91 Å². The smallest absolute Gasteiger partial charge is 0.251 e. The lowest BCUT2D eigenvalue weighted by atomic mass is 10.0. The number of amides is 1. The van der Waals surface area contributed by atoms with Crippen LogP contribution in [-0.4, -0.2) is 36.9 Å². The summed E-state index contributed by atoms with van der Waals surface area (Å²) in [5.41, 5.74) is -0.741. The molecule has 1 unspecified atom stereocenters. The Balaban J connectivity index is 3.92. The Bertz CT molecular complexity index is 155. The Morgan fingerprint density at radius 2 is 2.23 bits per heavy atom. The van der Waals surface area contributed by atoms with E-state index in [1.165, 1.54) is 7.11 Å². The highest BCUT2D eigenvalue weighted by Crippen LogP contribution is 2.13. The highest BCUT2D eigenvalue weighted by molar-refractivity contribution is 5.84. The third kappa shape index (κ3) is 3.74. The molecule has 78 valence electrons. The predicted octanol–water partition coefficient (Wildman–Crippen LogP) is 0.300. The number of nitrogens with one attached hydrogen (secondary N) is 1. The van der Waals surface area contributed by atoms with Crippen LogP contribution in [0, 0.1) is 0 Å². The molecule has 2 N–H and O–H groups in total. The Hall–Kier alpha value is -0.610. The summed E-state index contributed by atoms with van der Waals surface area (Å²) in [6.45, 7) is 4.24. The van der Waals surface area contributed by atoms with Gasteiger partial charge in [0.1, 0.15) is 5.60 Å². The lowest BCUT2D eigenvalue weighted by molar-refractivity contribution is -0.141. The summed E-state index contributed by atoms with van der Waals surface area (Å²) in [6, 6.07) is 0. The van der Waals surface area contributed by atoms with Gasteiger partial charge in [-0.3, -0.25) is 4.79 Å². The highest BCUT2D eigenvalue weighted by Gasteiger charge is 2.30. The molecule has 0 aliphatic heterocycles. The summed E-state index contributed by atoms with van der Waals surface area (Å²) >= 11 is 0. The molecule has 0 rings (SSSR count). The van der Waals surface area contributed by atoms with Gasteiger partial charge in [-0.1, -0.05) is 6.92 Å². The van der Waals surface area contributed by atoms with Crippen molar-refractivity contribution in [2.24, 2.45) is 0 Å². The molecule has 0 aromatic carbocycles. The third-order valence-corrected chi connectivity index (χ3v) is 2.23. The maximum atomic E-state index is 11.5. The van der Waals surface area contributed by atoms with E-state index in [1.54, 1.807) is 6.92 Å². The topological polar surface area (TPSA) is 58.6 Å². The van der Waals surface area contributed by atoms with Crippen LogP contribution in [-0.2, 0) is 9.53 Å². The first-order valence-electron chi connectivity index (χ1n) is 4.55. The van der Waals surface area contributed by atoms with Crippen molar-refractivity contribution < 1.29 is 14.6 Å². The quantitative estimate of drug-likeness (QED) is 0.591. The largest absolute Gasteiger partial charge is 0.396 e. The fourth-order valence-corrected chi connectivity index (χ4v) is 0.866. The van der Waals surface area contributed by atoms with Gasteiger partial charge in [0.2, 0.25) is 0 Å². The molecule has 0 aromatic heterocycles. The first-order valence-corrected chi connectivity index (χ1v) is 4.55. The maximum Gasteiger partial charge on any atom is 0.251 e. The van der Waals surface area contributed by atoms with E-state index in [1.807, 2.05) is 6.92 Å². The van der Waals surface area contributed by atoms with E-state index in [9.17, 15) is 4.79 Å². The van der Waals surface area contributed by atoms with E-state index < -0.39 is 5.60 Å². The first-order chi connectivity index (χ1) is 6.10. The van der Waals surface area contributed by atoms with E-state index in [4.69, 9.17) is 9.84 Å². The average molecular weight is 189 g/mol. The molecule has 1 amide bonds. The zero-order valence-electron chi connectivity index (χ0n) is 8.59. The van der Waals surface area contributed by atoms with Crippen molar-refractivity contribution in [1.82, 2.24) is 5.32 Å². The lowest BCUT2D eigenvalue weighted by Gasteiger charge is -2.25. The number of carbonyl (C=O) groups is 1. The molecule has 0 spiro atoms. The molecule has 0 saturated carbocycles. The molecule has 0 bridgehead atoms. The Morgan fingerprint density at radius 3 is 2.62 bits per heavy atom. The van der Waals surface area contributed by atoms with Crippen LogP contribution in [0.5, 0.6) is 0 Å². The molecule has 0 heterocycles. The Morgan fingerprint density at radius 1 is 1.62 bits per heavy atom. The number of methoxy groups -OCH3 is 1. The summed E-state index contributed by atoms with van der Waals surface area (Å²) in [6.07, 6.45) is 1.21. The average Bonchev–Trinajstić information content (AvgIpc) is 2.17. The minimum Gasteiger partial charge on any atom is -0.396 e. The molecule has 0 aliphatic carbocycles. The summed E-state index contributed by atoms with van der Waals surface area (Å²) in [7, 11) is 1.52. The first kappa shape index (κ1) is 12.4. The van der Waals surface area contributed by atoms with Crippen molar-refractivity contribution in [3.63, 3.8) is 0 Å². The molecule has 4 heteroatoms. The molecule has 0 fully saturated rings. The van der Waals surface area contributed by atoms with Crippen molar-refractivity contribution in [2.45, 2.75) is 32.3 Å². The number of aliphatic hydroxyl groups is 1. The zero-order valence-corrected chi connectivity index (χ0v) is 8.59. The number of hydrogen-bond donors (Lipinski definition) is 2. The molecule has 4 nitrogen and oxygen atoms in total. The second kappa shape index (κ2) is 5.94. The van der Waals surface area contributed by atoms with Crippen LogP contribution >= 0.6 is 0 Å². The number of carbonyl (C=O) groups excluding carboxylic acids is 1. The number of rotatable bonds is 6. The molecule has 13 heavy (non-hydrogen) atoms. The molecule has 0 aromatic rings. The van der Waals surface area contributed by atoms with Gasteiger partial charge in [0.15, 0.2) is 0 Å². The van der Waals surface area contributed by atoms with Gasteiger partial charge >= 0.3 is 0 Å². The van der Waals surface area contributed by atoms with Crippen molar-refractivity contribution in [1.29, 1.82) is 0 Å². The molecule has 1 atom stereocenters. The lowest BCUT2D eigenvalue weighted by Crippen LogP contribution is -2.45. The van der Waals surface area contributed by atoms with Crippen LogP contribution in [0.1, 0.15) is 26.7 Å². The van der Waals surface area contributed by atoms with E-state index in [0.717, 1.165) is 0 Å². The van der Waals surface area contributed by atoms with Gasteiger partial charge in [-0.25, -0.2) is 0 Å². The molecular weight excluding hydrogens is 170 g/mol. The summed E-state index contributed by atoms with van der Waals surface area (Å²) in [5, 5.41) is 11.2. The monoisotopic (exact) mass is 189 g/mol. The maximum absolute atomic E-state index is 11.5. The minimum atomic E-state index is -0.741. The number of aliphatic hydroxyl groups excluding tert-OH is 1. The second-order valence-electron chi connectivity index (χ2n) is 3.12. The van der Waals surface area contributed by atoms with Crippen LogP contribution < -0.4 is 5.32 Å². The summed E-state index contributed by atoms with van der Waals surface area (Å²) in [4.78, 5) is 11.5. The van der Waals surface area contributed by atoms with E-state index >= 15 is 0 Å². The van der Waals surface area contributed by atoms with Crippen LogP contribution in [0.4, 0.5) is 0 Å². The fourth-order valence-electron chi connectivity index (χ4n) is 0.866. The second-order valence-corrected chi connectivity index (χ2v) is 3.12. The van der Waals surface area contributed by atoms with Crippen LogP contribution in [0.25, 0.3) is 0 Å². The van der Waals surface area contributed by atoms with Gasteiger partial charge < -0.3 is 15.2 Å². The molecule has 0 aliphatic rings. The normalized spacial score (nSPS) is 15.1. The molecule has 0 saturated heterocycles. The fraction of sp³-hybridized carbons (Fsp3) is 0.889. The minimum absolute atomic E-state index is 0.0934. The van der Waals surface area contributed by atoms with Crippen LogP contribution in [0.2, 0.25) is 0 Å². The van der Waals surface area contributed by atoms with E-state index in [-0.39, 0.29) is 12.5 Å². The standard InChI is InChI=1S/C9H19NO3/c1-4-9(2,13-3)8(12)10-6-5-7-11/h11H,4-7H2,1-3H3,(H,10,12). The third-order valence-electron chi connectivity index (χ3n) is 2.23. The highest BCUT2D eigenvalue weighted by atomic mass is 16.5. The van der Waals surface area contributed by atoms with Gasteiger partial charge in [-0.05, 0) is 19.8 Å². The van der Waals surface area contributed by atoms with Crippen molar-refractivity contribution in [3.05, 3.63) is 0 Å². The van der Waals surface area contributed by atoms with Gasteiger partial charge in [-0.2, -0.15) is 0 Å². The Kier molecular flexibility index (Phi) is 5.66. The van der Waals surface area contributed by atoms with Gasteiger partial charge in [-0.15, -0.1) is 0 Å². The van der Waals surface area contributed by atoms with Crippen molar-refractivity contribution in [3.8, 4) is 0 Å². The van der Waals surface area contributed by atoms with Crippen LogP contribution in [0.3, 0.4) is 0 Å². The molecular formula is C9H19NO3. The van der Waals surface area contributed by atoms with Crippen molar-refractivity contribution in [2.75, 3.05) is 20.3 Å². The number of ether oxygens (including phenoxy) is 1. The zero-order chi connectivity index (χ0) is 10.3. The van der Waals surface area contributed by atoms with E-state index in [0.29, 0.717) is 19.4 Å². The van der Waals surface area contributed by atoms with Gasteiger partial charge in [0.05, 0.1) is 0 Å².